The van der Waals surface area contributed by atoms with E-state index in [-0.39, 0.29) is 5.97 Å². The first-order valence-corrected chi connectivity index (χ1v) is 7.29. The van der Waals surface area contributed by atoms with Gasteiger partial charge in [0.1, 0.15) is 5.75 Å². The summed E-state index contributed by atoms with van der Waals surface area (Å²) in [5.41, 5.74) is 2.50. The van der Waals surface area contributed by atoms with E-state index in [4.69, 9.17) is 9.47 Å². The van der Waals surface area contributed by atoms with Crippen molar-refractivity contribution >= 4 is 5.97 Å². The van der Waals surface area contributed by atoms with Gasteiger partial charge in [-0.2, -0.15) is 0 Å². The minimum Gasteiger partial charge on any atom is -0.479 e. The Balaban J connectivity index is 2.19. The van der Waals surface area contributed by atoms with Crippen LogP contribution in [0.4, 0.5) is 0 Å². The number of ether oxygens (including phenoxy) is 2. The Labute approximate surface area is 120 Å². The van der Waals surface area contributed by atoms with Crippen LogP contribution in [-0.2, 0) is 16.0 Å². The van der Waals surface area contributed by atoms with Crippen LogP contribution in [0, 0.1) is 0 Å². The molecule has 0 fully saturated rings. The lowest BCUT2D eigenvalue weighted by molar-refractivity contribution is -0.150. The molecule has 1 aromatic carbocycles. The van der Waals surface area contributed by atoms with Gasteiger partial charge in [0.25, 0.3) is 0 Å². The molecule has 0 saturated carbocycles. The lowest BCUT2D eigenvalue weighted by Gasteiger charge is -2.27. The Kier molecular flexibility index (Phi) is 5.01. The lowest BCUT2D eigenvalue weighted by atomic mass is 9.87. The van der Waals surface area contributed by atoms with Gasteiger partial charge in [0, 0.05) is 6.04 Å². The molecule has 2 atom stereocenters. The van der Waals surface area contributed by atoms with E-state index in [9.17, 15) is 4.79 Å². The van der Waals surface area contributed by atoms with Gasteiger partial charge >= 0.3 is 5.97 Å². The maximum atomic E-state index is 11.7. The van der Waals surface area contributed by atoms with Gasteiger partial charge < -0.3 is 14.8 Å². The van der Waals surface area contributed by atoms with Gasteiger partial charge in [-0.1, -0.05) is 12.1 Å². The first kappa shape index (κ1) is 14.9. The number of esters is 1. The maximum absolute atomic E-state index is 11.7. The van der Waals surface area contributed by atoms with Gasteiger partial charge in [0.2, 0.25) is 0 Å². The number of benzene rings is 1. The van der Waals surface area contributed by atoms with E-state index in [0.29, 0.717) is 12.6 Å². The predicted octanol–water partition coefficient (Wildman–Crippen LogP) is 2.61. The van der Waals surface area contributed by atoms with Crippen LogP contribution >= 0.6 is 0 Å². The first-order chi connectivity index (χ1) is 9.67. The quantitative estimate of drug-likeness (QED) is 0.840. The van der Waals surface area contributed by atoms with Crippen LogP contribution in [0.25, 0.3) is 0 Å². The molecule has 0 aromatic heterocycles. The van der Waals surface area contributed by atoms with E-state index < -0.39 is 6.10 Å². The van der Waals surface area contributed by atoms with Gasteiger partial charge in [-0.05, 0) is 57.4 Å². The van der Waals surface area contributed by atoms with Gasteiger partial charge in [0.15, 0.2) is 6.10 Å². The summed E-state index contributed by atoms with van der Waals surface area (Å²) in [5, 5.41) is 3.34. The fourth-order valence-electron chi connectivity index (χ4n) is 2.72. The minimum absolute atomic E-state index is 0.314. The Morgan fingerprint density at radius 2 is 2.30 bits per heavy atom. The average molecular weight is 277 g/mol. The summed E-state index contributed by atoms with van der Waals surface area (Å²) in [5.74, 6) is 0.495. The topological polar surface area (TPSA) is 47.6 Å². The molecule has 1 aliphatic rings. The van der Waals surface area contributed by atoms with Crippen LogP contribution in [0.15, 0.2) is 18.2 Å². The minimum atomic E-state index is -0.573. The van der Waals surface area contributed by atoms with E-state index in [1.54, 1.807) is 13.8 Å². The summed E-state index contributed by atoms with van der Waals surface area (Å²) in [7, 11) is 1.98. The van der Waals surface area contributed by atoms with E-state index in [0.717, 1.165) is 25.0 Å². The zero-order valence-electron chi connectivity index (χ0n) is 12.4. The van der Waals surface area contributed by atoms with E-state index in [2.05, 4.69) is 11.4 Å². The fourth-order valence-corrected chi connectivity index (χ4v) is 2.72. The van der Waals surface area contributed by atoms with Crippen molar-refractivity contribution in [3.8, 4) is 5.75 Å². The van der Waals surface area contributed by atoms with E-state index >= 15 is 0 Å². The molecule has 2 unspecified atom stereocenters. The normalized spacial score (nSPS) is 19.1. The van der Waals surface area contributed by atoms with Crippen LogP contribution in [0.5, 0.6) is 5.75 Å². The summed E-state index contributed by atoms with van der Waals surface area (Å²) >= 11 is 0. The SMILES string of the molecule is CCOC(=O)C(C)Oc1cccc2c1CCCC2NC. The first-order valence-electron chi connectivity index (χ1n) is 7.29. The zero-order chi connectivity index (χ0) is 14.5. The number of rotatable bonds is 5. The Hall–Kier alpha value is -1.55. The number of fused-ring (bicyclic) bond motifs is 1. The summed E-state index contributed by atoms with van der Waals surface area (Å²) < 4.78 is 10.8. The molecular formula is C16H23NO3. The number of carbonyl (C=O) groups is 1. The Morgan fingerprint density at radius 3 is 3.00 bits per heavy atom. The smallest absolute Gasteiger partial charge is 0.347 e. The predicted molar refractivity (Wildman–Crippen MR) is 77.9 cm³/mol. The standard InChI is InChI=1S/C16H23NO3/c1-4-19-16(18)11(2)20-15-10-6-7-12-13(15)8-5-9-14(12)17-3/h6-7,10-11,14,17H,4-5,8-9H2,1-3H3. The number of hydrogen-bond donors (Lipinski definition) is 1. The molecule has 2 rings (SSSR count). The molecule has 0 bridgehead atoms. The highest BCUT2D eigenvalue weighted by Gasteiger charge is 2.23. The zero-order valence-corrected chi connectivity index (χ0v) is 12.4. The summed E-state index contributed by atoms with van der Waals surface area (Å²) in [4.78, 5) is 11.7. The molecule has 1 aromatic rings. The molecule has 0 spiro atoms. The van der Waals surface area contributed by atoms with Crippen molar-refractivity contribution in [3.05, 3.63) is 29.3 Å². The molecule has 0 aliphatic heterocycles. The van der Waals surface area contributed by atoms with Crippen LogP contribution in [-0.4, -0.2) is 25.7 Å². The molecule has 4 heteroatoms. The van der Waals surface area contributed by atoms with E-state index in [1.807, 2.05) is 19.2 Å². The number of carbonyl (C=O) groups excluding carboxylic acids is 1. The fraction of sp³-hybridized carbons (Fsp3) is 0.562. The monoisotopic (exact) mass is 277 g/mol. The Bertz CT molecular complexity index is 473. The highest BCUT2D eigenvalue weighted by molar-refractivity contribution is 5.74. The van der Waals surface area contributed by atoms with Crippen molar-refractivity contribution in [2.75, 3.05) is 13.7 Å². The average Bonchev–Trinajstić information content (AvgIpc) is 2.47. The molecule has 0 radical (unpaired) electrons. The van der Waals surface area contributed by atoms with Crippen LogP contribution in [0.1, 0.15) is 43.9 Å². The molecular weight excluding hydrogens is 254 g/mol. The second kappa shape index (κ2) is 6.75. The lowest BCUT2D eigenvalue weighted by Crippen LogP contribution is -2.27. The van der Waals surface area contributed by atoms with Gasteiger partial charge in [-0.25, -0.2) is 4.79 Å². The van der Waals surface area contributed by atoms with Gasteiger partial charge in [0.05, 0.1) is 6.61 Å². The molecule has 110 valence electrons. The molecule has 0 saturated heterocycles. The largest absolute Gasteiger partial charge is 0.479 e. The highest BCUT2D eigenvalue weighted by atomic mass is 16.6. The van der Waals surface area contributed by atoms with Gasteiger partial charge in [-0.3, -0.25) is 0 Å². The molecule has 4 nitrogen and oxygen atoms in total. The number of nitrogens with one attached hydrogen (secondary N) is 1. The second-order valence-electron chi connectivity index (χ2n) is 5.07. The maximum Gasteiger partial charge on any atom is 0.347 e. The molecule has 1 N–H and O–H groups in total. The molecule has 0 amide bonds. The van der Waals surface area contributed by atoms with Crippen LogP contribution < -0.4 is 10.1 Å². The third kappa shape index (κ3) is 3.12. The molecule has 1 aliphatic carbocycles. The summed E-state index contributed by atoms with van der Waals surface area (Å²) in [6.07, 6.45) is 2.70. The third-order valence-corrected chi connectivity index (χ3v) is 3.73. The van der Waals surface area contributed by atoms with E-state index in [1.165, 1.54) is 11.1 Å². The van der Waals surface area contributed by atoms with Crippen molar-refractivity contribution in [1.82, 2.24) is 5.32 Å². The van der Waals surface area contributed by atoms with Crippen molar-refractivity contribution in [3.63, 3.8) is 0 Å². The van der Waals surface area contributed by atoms with Crippen molar-refractivity contribution < 1.29 is 14.3 Å². The summed E-state index contributed by atoms with van der Waals surface area (Å²) in [6, 6.07) is 6.44. The second-order valence-corrected chi connectivity index (χ2v) is 5.07. The Morgan fingerprint density at radius 1 is 1.50 bits per heavy atom. The van der Waals surface area contributed by atoms with Crippen molar-refractivity contribution in [2.24, 2.45) is 0 Å². The third-order valence-electron chi connectivity index (χ3n) is 3.73. The van der Waals surface area contributed by atoms with Crippen LogP contribution in [0.3, 0.4) is 0 Å². The van der Waals surface area contributed by atoms with Crippen LogP contribution in [0.2, 0.25) is 0 Å². The molecule has 20 heavy (non-hydrogen) atoms. The summed E-state index contributed by atoms with van der Waals surface area (Å²) in [6.45, 7) is 3.91. The van der Waals surface area contributed by atoms with Gasteiger partial charge in [-0.15, -0.1) is 0 Å². The molecule has 0 heterocycles. The highest BCUT2D eigenvalue weighted by Crippen LogP contribution is 2.35. The number of hydrogen-bond acceptors (Lipinski definition) is 4. The van der Waals surface area contributed by atoms with Crippen molar-refractivity contribution in [2.45, 2.75) is 45.3 Å². The van der Waals surface area contributed by atoms with Crippen molar-refractivity contribution in [1.29, 1.82) is 0 Å².